The second kappa shape index (κ2) is 10.4. The number of ether oxygens (including phenoxy) is 1. The van der Waals surface area contributed by atoms with Crippen LogP contribution < -0.4 is 10.1 Å². The zero-order valence-corrected chi connectivity index (χ0v) is 20.2. The summed E-state index contributed by atoms with van der Waals surface area (Å²) in [6, 6.07) is 15.1. The van der Waals surface area contributed by atoms with Crippen LogP contribution in [0.15, 0.2) is 64.0 Å². The monoisotopic (exact) mass is 483 g/mol. The molecule has 0 unspecified atom stereocenters. The van der Waals surface area contributed by atoms with E-state index in [4.69, 9.17) is 9.26 Å². The van der Waals surface area contributed by atoms with Gasteiger partial charge in [0, 0.05) is 29.9 Å². The predicted octanol–water partition coefficient (Wildman–Crippen LogP) is 4.95. The van der Waals surface area contributed by atoms with Gasteiger partial charge in [-0.15, -0.1) is 0 Å². The van der Waals surface area contributed by atoms with E-state index in [1.165, 1.54) is 12.1 Å². The first-order chi connectivity index (χ1) is 16.4. The van der Waals surface area contributed by atoms with Crippen molar-refractivity contribution in [1.29, 1.82) is 0 Å². The van der Waals surface area contributed by atoms with Gasteiger partial charge in [-0.3, -0.25) is 4.79 Å². The van der Waals surface area contributed by atoms with Gasteiger partial charge in [-0.2, -0.15) is 4.31 Å². The minimum Gasteiger partial charge on any atom is -0.494 e. The minimum absolute atomic E-state index is 0.0369. The maximum atomic E-state index is 13.1. The number of anilines is 1. The van der Waals surface area contributed by atoms with Crippen LogP contribution >= 0.6 is 0 Å². The molecule has 3 aromatic rings. The molecule has 0 aliphatic carbocycles. The van der Waals surface area contributed by atoms with Gasteiger partial charge in [0.15, 0.2) is 11.5 Å². The molecule has 9 heteroatoms. The van der Waals surface area contributed by atoms with Gasteiger partial charge >= 0.3 is 0 Å². The van der Waals surface area contributed by atoms with Gasteiger partial charge in [0.1, 0.15) is 5.75 Å². The summed E-state index contributed by atoms with van der Waals surface area (Å²) in [6.45, 7) is 5.05. The quantitative estimate of drug-likeness (QED) is 0.487. The number of piperidine rings is 1. The van der Waals surface area contributed by atoms with Gasteiger partial charge < -0.3 is 14.6 Å². The van der Waals surface area contributed by atoms with Crippen LogP contribution in [0.1, 0.15) is 50.0 Å². The summed E-state index contributed by atoms with van der Waals surface area (Å²) in [5.74, 6) is 0.764. The van der Waals surface area contributed by atoms with E-state index in [1.807, 2.05) is 38.1 Å². The normalized spacial score (nSPS) is 16.8. The first-order valence-electron chi connectivity index (χ1n) is 11.6. The van der Waals surface area contributed by atoms with E-state index in [-0.39, 0.29) is 16.6 Å². The Morgan fingerprint density at radius 1 is 1.12 bits per heavy atom. The number of nitrogens with zero attached hydrogens (tertiary/aromatic N) is 2. The lowest BCUT2D eigenvalue weighted by atomic mass is 10.0. The molecule has 0 saturated carbocycles. The minimum atomic E-state index is -3.57. The van der Waals surface area contributed by atoms with Crippen LogP contribution in [0.2, 0.25) is 0 Å². The van der Waals surface area contributed by atoms with Crippen molar-refractivity contribution in [1.82, 2.24) is 9.46 Å². The number of rotatable bonds is 8. The van der Waals surface area contributed by atoms with Crippen molar-refractivity contribution in [3.05, 3.63) is 60.3 Å². The Bertz CT molecular complexity index is 1220. The van der Waals surface area contributed by atoms with E-state index in [2.05, 4.69) is 10.5 Å². The average molecular weight is 484 g/mol. The van der Waals surface area contributed by atoms with Crippen LogP contribution in [0.3, 0.4) is 0 Å². The SMILES string of the molecule is CCOc1ccc(-c2cc(C(=O)Nc3ccc(S(=O)(=O)N4CCCC[C@@H]4CC)cc3)no2)cc1. The Morgan fingerprint density at radius 2 is 1.85 bits per heavy atom. The standard InChI is InChI=1S/C25H29N3O5S/c1-3-20-7-5-6-16-28(20)34(30,31)22-14-10-19(11-15-22)26-25(29)23-17-24(33-27-23)18-8-12-21(13-9-18)32-4-2/h8-15,17,20H,3-7,16H2,1-2H3,(H,26,29)/t20-/m0/s1. The van der Waals surface area contributed by atoms with Crippen LogP contribution in [0.4, 0.5) is 5.69 Å². The molecule has 34 heavy (non-hydrogen) atoms. The van der Waals surface area contributed by atoms with E-state index in [0.717, 1.165) is 37.0 Å². The maximum absolute atomic E-state index is 13.1. The van der Waals surface area contributed by atoms with Gasteiger partial charge in [0.05, 0.1) is 11.5 Å². The second-order valence-corrected chi connectivity index (χ2v) is 10.1. The summed E-state index contributed by atoms with van der Waals surface area (Å²) < 4.78 is 38.6. The van der Waals surface area contributed by atoms with Crippen LogP contribution in [-0.4, -0.2) is 43.0 Å². The Balaban J connectivity index is 1.43. The molecule has 0 bridgehead atoms. The van der Waals surface area contributed by atoms with Crippen LogP contribution in [0, 0.1) is 0 Å². The summed E-state index contributed by atoms with van der Waals surface area (Å²) in [5, 5.41) is 6.60. The third-order valence-corrected chi connectivity index (χ3v) is 7.92. The summed E-state index contributed by atoms with van der Waals surface area (Å²) in [7, 11) is -3.57. The van der Waals surface area contributed by atoms with Crippen LogP contribution in [-0.2, 0) is 10.0 Å². The van der Waals surface area contributed by atoms with Crippen molar-refractivity contribution in [3.8, 4) is 17.1 Å². The maximum Gasteiger partial charge on any atom is 0.277 e. The van der Waals surface area contributed by atoms with Crippen LogP contribution in [0.25, 0.3) is 11.3 Å². The molecule has 1 fully saturated rings. The van der Waals surface area contributed by atoms with Gasteiger partial charge in [-0.1, -0.05) is 18.5 Å². The van der Waals surface area contributed by atoms with Crippen LogP contribution in [0.5, 0.6) is 5.75 Å². The summed E-state index contributed by atoms with van der Waals surface area (Å²) >= 11 is 0. The number of hydrogen-bond acceptors (Lipinski definition) is 6. The summed E-state index contributed by atoms with van der Waals surface area (Å²) in [5.41, 5.74) is 1.37. The number of benzene rings is 2. The Labute approximate surface area is 200 Å². The number of carbonyl (C=O) groups is 1. The number of carbonyl (C=O) groups excluding carboxylic acids is 1. The molecule has 1 amide bonds. The third kappa shape index (κ3) is 5.15. The molecule has 1 aromatic heterocycles. The summed E-state index contributed by atoms with van der Waals surface area (Å²) in [4.78, 5) is 12.9. The molecule has 2 aromatic carbocycles. The molecular weight excluding hydrogens is 454 g/mol. The molecule has 1 atom stereocenters. The second-order valence-electron chi connectivity index (χ2n) is 8.19. The average Bonchev–Trinajstić information content (AvgIpc) is 3.36. The molecule has 1 N–H and O–H groups in total. The molecule has 1 aliphatic heterocycles. The lowest BCUT2D eigenvalue weighted by molar-refractivity contribution is 0.101. The van der Waals surface area contributed by atoms with Crippen molar-refractivity contribution in [2.45, 2.75) is 50.5 Å². The number of aromatic nitrogens is 1. The Kier molecular flexibility index (Phi) is 7.33. The van der Waals surface area contributed by atoms with E-state index in [0.29, 0.717) is 24.6 Å². The highest BCUT2D eigenvalue weighted by Gasteiger charge is 2.32. The molecule has 1 saturated heterocycles. The fourth-order valence-electron chi connectivity index (χ4n) is 4.14. The highest BCUT2D eigenvalue weighted by Crippen LogP contribution is 2.28. The highest BCUT2D eigenvalue weighted by molar-refractivity contribution is 7.89. The van der Waals surface area contributed by atoms with E-state index in [9.17, 15) is 13.2 Å². The largest absolute Gasteiger partial charge is 0.494 e. The Morgan fingerprint density at radius 3 is 2.53 bits per heavy atom. The zero-order chi connectivity index (χ0) is 24.1. The van der Waals surface area contributed by atoms with Gasteiger partial charge in [0.25, 0.3) is 5.91 Å². The van der Waals surface area contributed by atoms with Gasteiger partial charge in [0.2, 0.25) is 10.0 Å². The highest BCUT2D eigenvalue weighted by atomic mass is 32.2. The molecule has 180 valence electrons. The number of nitrogens with one attached hydrogen (secondary N) is 1. The molecule has 4 rings (SSSR count). The molecule has 8 nitrogen and oxygen atoms in total. The molecule has 2 heterocycles. The number of sulfonamides is 1. The number of hydrogen-bond donors (Lipinski definition) is 1. The van der Waals surface area contributed by atoms with Crippen molar-refractivity contribution in [2.75, 3.05) is 18.5 Å². The van der Waals surface area contributed by atoms with Crippen molar-refractivity contribution in [3.63, 3.8) is 0 Å². The fraction of sp³-hybridized carbons (Fsp3) is 0.360. The van der Waals surface area contributed by atoms with Crippen molar-refractivity contribution < 1.29 is 22.5 Å². The molecular formula is C25H29N3O5S. The molecule has 0 radical (unpaired) electrons. The Hall–Kier alpha value is -3.17. The topological polar surface area (TPSA) is 102 Å². The number of amides is 1. The zero-order valence-electron chi connectivity index (χ0n) is 19.4. The van der Waals surface area contributed by atoms with Gasteiger partial charge in [-0.05, 0) is 74.7 Å². The van der Waals surface area contributed by atoms with E-state index < -0.39 is 15.9 Å². The van der Waals surface area contributed by atoms with Crippen molar-refractivity contribution >= 4 is 21.6 Å². The summed E-state index contributed by atoms with van der Waals surface area (Å²) in [6.07, 6.45) is 3.61. The lowest BCUT2D eigenvalue weighted by Gasteiger charge is -2.34. The van der Waals surface area contributed by atoms with E-state index >= 15 is 0 Å². The fourth-order valence-corrected chi connectivity index (χ4v) is 5.91. The van der Waals surface area contributed by atoms with Gasteiger partial charge in [-0.25, -0.2) is 8.42 Å². The predicted molar refractivity (Wildman–Crippen MR) is 129 cm³/mol. The molecule has 0 spiro atoms. The first-order valence-corrected chi connectivity index (χ1v) is 13.0. The first kappa shape index (κ1) is 24.0. The third-order valence-electron chi connectivity index (χ3n) is 5.96. The lowest BCUT2D eigenvalue weighted by Crippen LogP contribution is -2.43. The van der Waals surface area contributed by atoms with Crippen molar-refractivity contribution in [2.24, 2.45) is 0 Å². The molecule has 1 aliphatic rings. The van der Waals surface area contributed by atoms with E-state index in [1.54, 1.807) is 22.5 Å². The smallest absolute Gasteiger partial charge is 0.277 e.